The van der Waals surface area contributed by atoms with Crippen LogP contribution in [0.25, 0.3) is 0 Å². The molecule has 1 aromatic heterocycles. The van der Waals surface area contributed by atoms with E-state index in [9.17, 15) is 0 Å². The molecule has 1 unspecified atom stereocenters. The summed E-state index contributed by atoms with van der Waals surface area (Å²) in [6, 6.07) is 5.75. The van der Waals surface area contributed by atoms with Crippen molar-refractivity contribution < 1.29 is 0 Å². The van der Waals surface area contributed by atoms with Gasteiger partial charge in [-0.2, -0.15) is 0 Å². The number of nitrogens with two attached hydrogens (primary N) is 1. The Kier molecular flexibility index (Phi) is 4.05. The van der Waals surface area contributed by atoms with E-state index >= 15 is 0 Å². The summed E-state index contributed by atoms with van der Waals surface area (Å²) in [7, 11) is 0. The van der Waals surface area contributed by atoms with Crippen LogP contribution in [0, 0.1) is 6.92 Å². The molecule has 0 aliphatic carbocycles. The van der Waals surface area contributed by atoms with Crippen LogP contribution in [0.15, 0.2) is 23.6 Å². The number of thiazole rings is 1. The Morgan fingerprint density at radius 1 is 1.33 bits per heavy atom. The van der Waals surface area contributed by atoms with E-state index in [1.54, 1.807) is 11.3 Å². The first-order chi connectivity index (χ1) is 8.49. The van der Waals surface area contributed by atoms with E-state index in [2.05, 4.69) is 24.2 Å². The molecule has 0 spiro atoms. The summed E-state index contributed by atoms with van der Waals surface area (Å²) in [4.78, 5) is 4.59. The molecule has 0 bridgehead atoms. The van der Waals surface area contributed by atoms with Crippen molar-refractivity contribution >= 4 is 22.9 Å². The second-order valence-electron chi connectivity index (χ2n) is 4.75. The van der Waals surface area contributed by atoms with Crippen LogP contribution < -0.4 is 5.73 Å². The quantitative estimate of drug-likeness (QED) is 0.911. The summed E-state index contributed by atoms with van der Waals surface area (Å²) in [6.45, 7) is 6.25. The number of hydrogen-bond acceptors (Lipinski definition) is 3. The summed E-state index contributed by atoms with van der Waals surface area (Å²) in [6.07, 6.45) is 0. The average molecular weight is 281 g/mol. The fraction of sp³-hybridized carbons (Fsp3) is 0.357. The molecule has 0 fully saturated rings. The van der Waals surface area contributed by atoms with Gasteiger partial charge < -0.3 is 5.73 Å². The topological polar surface area (TPSA) is 38.9 Å². The Balaban J connectivity index is 2.29. The monoisotopic (exact) mass is 280 g/mol. The molecule has 1 aromatic carbocycles. The lowest BCUT2D eigenvalue weighted by atomic mass is 10.1. The highest BCUT2D eigenvalue weighted by atomic mass is 35.5. The van der Waals surface area contributed by atoms with Crippen molar-refractivity contribution in [1.29, 1.82) is 0 Å². The Labute approximate surface area is 117 Å². The van der Waals surface area contributed by atoms with Crippen molar-refractivity contribution in [1.82, 2.24) is 4.98 Å². The molecule has 0 aliphatic rings. The second kappa shape index (κ2) is 5.39. The van der Waals surface area contributed by atoms with Gasteiger partial charge in [-0.25, -0.2) is 4.98 Å². The third-order valence-corrected chi connectivity index (χ3v) is 4.31. The number of aryl methyl sites for hydroxylation is 1. The van der Waals surface area contributed by atoms with Crippen LogP contribution in [0.2, 0.25) is 5.02 Å². The zero-order valence-corrected chi connectivity index (χ0v) is 12.3. The van der Waals surface area contributed by atoms with E-state index in [0.29, 0.717) is 5.92 Å². The van der Waals surface area contributed by atoms with Crippen molar-refractivity contribution in [3.63, 3.8) is 0 Å². The summed E-state index contributed by atoms with van der Waals surface area (Å²) in [5.41, 5.74) is 9.41. The van der Waals surface area contributed by atoms with Gasteiger partial charge in [0, 0.05) is 10.4 Å². The van der Waals surface area contributed by atoms with Crippen molar-refractivity contribution in [2.75, 3.05) is 0 Å². The van der Waals surface area contributed by atoms with E-state index in [-0.39, 0.29) is 6.04 Å². The van der Waals surface area contributed by atoms with Gasteiger partial charge in [-0.3, -0.25) is 0 Å². The van der Waals surface area contributed by atoms with Gasteiger partial charge in [0.25, 0.3) is 0 Å². The van der Waals surface area contributed by atoms with Gasteiger partial charge in [0.2, 0.25) is 0 Å². The molecule has 0 saturated heterocycles. The van der Waals surface area contributed by atoms with E-state index in [0.717, 1.165) is 26.9 Å². The fourth-order valence-corrected chi connectivity index (χ4v) is 2.85. The van der Waals surface area contributed by atoms with Crippen molar-refractivity contribution in [3.8, 4) is 0 Å². The second-order valence-corrected chi connectivity index (χ2v) is 6.05. The Morgan fingerprint density at radius 3 is 2.61 bits per heavy atom. The molecule has 18 heavy (non-hydrogen) atoms. The molecule has 0 radical (unpaired) electrons. The molecule has 96 valence electrons. The Morgan fingerprint density at radius 2 is 2.06 bits per heavy atom. The minimum absolute atomic E-state index is 0.194. The highest BCUT2D eigenvalue weighted by Crippen LogP contribution is 2.28. The zero-order valence-electron chi connectivity index (χ0n) is 10.8. The molecular weight excluding hydrogens is 264 g/mol. The highest BCUT2D eigenvalue weighted by Gasteiger charge is 2.15. The van der Waals surface area contributed by atoms with E-state index < -0.39 is 0 Å². The van der Waals surface area contributed by atoms with Crippen LogP contribution in [0.4, 0.5) is 0 Å². The van der Waals surface area contributed by atoms with Crippen LogP contribution in [0.1, 0.15) is 47.6 Å². The molecule has 1 atom stereocenters. The van der Waals surface area contributed by atoms with Gasteiger partial charge in [-0.05, 0) is 30.0 Å². The first-order valence-corrected chi connectivity index (χ1v) is 7.21. The van der Waals surface area contributed by atoms with Crippen LogP contribution in [0.3, 0.4) is 0 Å². The number of halogens is 1. The van der Waals surface area contributed by atoms with Crippen molar-refractivity contribution in [2.24, 2.45) is 5.73 Å². The molecule has 0 aliphatic heterocycles. The number of rotatable bonds is 3. The van der Waals surface area contributed by atoms with E-state index in [1.807, 2.05) is 25.1 Å². The molecule has 4 heteroatoms. The van der Waals surface area contributed by atoms with Gasteiger partial charge in [-0.1, -0.05) is 37.6 Å². The highest BCUT2D eigenvalue weighted by molar-refractivity contribution is 7.09. The maximum atomic E-state index is 6.24. The molecule has 2 rings (SSSR count). The Hall–Kier alpha value is -0.900. The first-order valence-electron chi connectivity index (χ1n) is 5.96. The SMILES string of the molecule is Cc1ccc(C(N)c2nc(C(C)C)cs2)cc1Cl. The molecule has 0 amide bonds. The third kappa shape index (κ3) is 2.74. The predicted molar refractivity (Wildman–Crippen MR) is 78.4 cm³/mol. The van der Waals surface area contributed by atoms with Crippen LogP contribution in [0.5, 0.6) is 0 Å². The smallest absolute Gasteiger partial charge is 0.114 e. The number of hydrogen-bond donors (Lipinski definition) is 1. The lowest BCUT2D eigenvalue weighted by molar-refractivity contribution is 0.795. The normalized spacial score (nSPS) is 13.0. The number of benzene rings is 1. The van der Waals surface area contributed by atoms with Crippen molar-refractivity contribution in [2.45, 2.75) is 32.7 Å². The zero-order chi connectivity index (χ0) is 13.3. The molecule has 0 saturated carbocycles. The maximum Gasteiger partial charge on any atom is 0.114 e. The van der Waals surface area contributed by atoms with Gasteiger partial charge in [-0.15, -0.1) is 11.3 Å². The third-order valence-electron chi connectivity index (χ3n) is 2.95. The predicted octanol–water partition coefficient (Wildman–Crippen LogP) is 4.28. The lowest BCUT2D eigenvalue weighted by Crippen LogP contribution is -2.11. The van der Waals surface area contributed by atoms with E-state index in [1.165, 1.54) is 0 Å². The first kappa shape index (κ1) is 13.5. The van der Waals surface area contributed by atoms with Crippen LogP contribution in [-0.2, 0) is 0 Å². The molecule has 2 N–H and O–H groups in total. The number of nitrogens with zero attached hydrogens (tertiary/aromatic N) is 1. The summed E-state index contributed by atoms with van der Waals surface area (Å²) in [5.74, 6) is 0.434. The summed E-state index contributed by atoms with van der Waals surface area (Å²) < 4.78 is 0. The molecule has 2 nitrogen and oxygen atoms in total. The largest absolute Gasteiger partial charge is 0.318 e. The summed E-state index contributed by atoms with van der Waals surface area (Å²) in [5, 5.41) is 3.78. The van der Waals surface area contributed by atoms with Crippen molar-refractivity contribution in [3.05, 3.63) is 50.4 Å². The standard InChI is InChI=1S/C14H17ClN2S/c1-8(2)12-7-18-14(17-12)13(16)10-5-4-9(3)11(15)6-10/h4-8,13H,16H2,1-3H3. The van der Waals surface area contributed by atoms with Crippen LogP contribution >= 0.6 is 22.9 Å². The molecular formula is C14H17ClN2S. The molecule has 2 aromatic rings. The average Bonchev–Trinajstić information content (AvgIpc) is 2.81. The molecule has 1 heterocycles. The fourth-order valence-electron chi connectivity index (χ4n) is 1.65. The Bertz CT molecular complexity index is 548. The van der Waals surface area contributed by atoms with Gasteiger partial charge in [0.15, 0.2) is 0 Å². The van der Waals surface area contributed by atoms with E-state index in [4.69, 9.17) is 17.3 Å². The lowest BCUT2D eigenvalue weighted by Gasteiger charge is -2.10. The number of aromatic nitrogens is 1. The van der Waals surface area contributed by atoms with Gasteiger partial charge >= 0.3 is 0 Å². The van der Waals surface area contributed by atoms with Crippen LogP contribution in [-0.4, -0.2) is 4.98 Å². The van der Waals surface area contributed by atoms with Gasteiger partial charge in [0.05, 0.1) is 11.7 Å². The minimum Gasteiger partial charge on any atom is -0.318 e. The minimum atomic E-state index is -0.194. The van der Waals surface area contributed by atoms with Gasteiger partial charge in [0.1, 0.15) is 5.01 Å². The summed E-state index contributed by atoms with van der Waals surface area (Å²) >= 11 is 7.74. The maximum absolute atomic E-state index is 6.24.